The third kappa shape index (κ3) is 2.76. The minimum Gasteiger partial charge on any atom is -0.381 e. The summed E-state index contributed by atoms with van der Waals surface area (Å²) in [5, 5.41) is 13.4. The number of benzene rings is 1. The Bertz CT molecular complexity index is 562. The second-order valence-electron chi connectivity index (χ2n) is 3.52. The number of halogens is 1. The SMILES string of the molecule is O=[N+]([O-])c1ccc(NCc2cncnc2)cc1F. The quantitative estimate of drug-likeness (QED) is 0.662. The standard InChI is InChI=1S/C11H9FN4O2/c12-10-3-9(1-2-11(10)16(17)18)15-6-8-4-13-7-14-5-8/h1-5,7,15H,6H2. The maximum atomic E-state index is 13.3. The fraction of sp³-hybridized carbons (Fsp3) is 0.0909. The number of hydrogen-bond donors (Lipinski definition) is 1. The third-order valence-electron chi connectivity index (χ3n) is 2.26. The molecule has 2 rings (SSSR count). The molecule has 18 heavy (non-hydrogen) atoms. The molecule has 0 saturated carbocycles. The molecule has 1 N–H and O–H groups in total. The Morgan fingerprint density at radius 3 is 2.67 bits per heavy atom. The molecule has 0 saturated heterocycles. The lowest BCUT2D eigenvalue weighted by Crippen LogP contribution is -2.01. The van der Waals surface area contributed by atoms with Crippen molar-refractivity contribution >= 4 is 11.4 Å². The summed E-state index contributed by atoms with van der Waals surface area (Å²) >= 11 is 0. The number of hydrogen-bond acceptors (Lipinski definition) is 5. The normalized spacial score (nSPS) is 10.1. The van der Waals surface area contributed by atoms with E-state index in [0.29, 0.717) is 12.2 Å². The molecule has 0 aliphatic heterocycles. The van der Waals surface area contributed by atoms with Crippen molar-refractivity contribution in [2.45, 2.75) is 6.54 Å². The average molecular weight is 248 g/mol. The minimum absolute atomic E-state index is 0.415. The largest absolute Gasteiger partial charge is 0.381 e. The van der Waals surface area contributed by atoms with E-state index in [1.807, 2.05) is 0 Å². The van der Waals surface area contributed by atoms with Gasteiger partial charge in [0.05, 0.1) is 4.92 Å². The molecule has 7 heteroatoms. The maximum Gasteiger partial charge on any atom is 0.304 e. The monoisotopic (exact) mass is 248 g/mol. The number of nitro groups is 1. The Balaban J connectivity index is 2.07. The van der Waals surface area contributed by atoms with Crippen molar-refractivity contribution in [3.63, 3.8) is 0 Å². The van der Waals surface area contributed by atoms with Crippen LogP contribution in [0, 0.1) is 15.9 Å². The summed E-state index contributed by atoms with van der Waals surface area (Å²) in [5.74, 6) is -0.866. The van der Waals surface area contributed by atoms with E-state index < -0.39 is 16.4 Å². The molecular formula is C11H9FN4O2. The van der Waals surface area contributed by atoms with E-state index in [1.165, 1.54) is 12.4 Å². The van der Waals surface area contributed by atoms with Crippen molar-refractivity contribution in [1.29, 1.82) is 0 Å². The molecule has 1 aromatic carbocycles. The second-order valence-corrected chi connectivity index (χ2v) is 3.52. The highest BCUT2D eigenvalue weighted by molar-refractivity contribution is 5.49. The summed E-state index contributed by atoms with van der Waals surface area (Å²) < 4.78 is 13.3. The molecular weight excluding hydrogens is 239 g/mol. The zero-order valence-corrected chi connectivity index (χ0v) is 9.21. The lowest BCUT2D eigenvalue weighted by atomic mass is 10.2. The highest BCUT2D eigenvalue weighted by Gasteiger charge is 2.13. The van der Waals surface area contributed by atoms with Gasteiger partial charge in [0, 0.05) is 42.3 Å². The first-order valence-corrected chi connectivity index (χ1v) is 5.08. The number of nitrogens with one attached hydrogen (secondary N) is 1. The molecule has 0 atom stereocenters. The van der Waals surface area contributed by atoms with Gasteiger partial charge in [-0.25, -0.2) is 9.97 Å². The molecule has 1 heterocycles. The maximum absolute atomic E-state index is 13.3. The smallest absolute Gasteiger partial charge is 0.304 e. The molecule has 0 unspecified atom stereocenters. The van der Waals surface area contributed by atoms with Crippen LogP contribution in [0.2, 0.25) is 0 Å². The van der Waals surface area contributed by atoms with Gasteiger partial charge in [0.2, 0.25) is 5.82 Å². The molecule has 1 aromatic heterocycles. The van der Waals surface area contributed by atoms with Gasteiger partial charge in [-0.1, -0.05) is 0 Å². The van der Waals surface area contributed by atoms with Crippen LogP contribution < -0.4 is 5.32 Å². The van der Waals surface area contributed by atoms with Crippen LogP contribution in [0.5, 0.6) is 0 Å². The van der Waals surface area contributed by atoms with E-state index in [1.54, 1.807) is 12.4 Å². The molecule has 92 valence electrons. The Morgan fingerprint density at radius 2 is 2.06 bits per heavy atom. The number of anilines is 1. The Labute approximate surface area is 102 Å². The number of nitrogens with zero attached hydrogens (tertiary/aromatic N) is 3. The van der Waals surface area contributed by atoms with Crippen LogP contribution in [0.3, 0.4) is 0 Å². The lowest BCUT2D eigenvalue weighted by molar-refractivity contribution is -0.387. The van der Waals surface area contributed by atoms with E-state index in [9.17, 15) is 14.5 Å². The fourth-order valence-corrected chi connectivity index (χ4v) is 1.39. The minimum atomic E-state index is -0.866. The van der Waals surface area contributed by atoms with Gasteiger partial charge in [-0.3, -0.25) is 10.1 Å². The van der Waals surface area contributed by atoms with Crippen LogP contribution in [0.25, 0.3) is 0 Å². The summed E-state index contributed by atoms with van der Waals surface area (Å²) in [7, 11) is 0. The Kier molecular flexibility index (Phi) is 3.42. The van der Waals surface area contributed by atoms with Crippen molar-refractivity contribution in [2.75, 3.05) is 5.32 Å². The summed E-state index contributed by atoms with van der Waals surface area (Å²) in [4.78, 5) is 17.4. The summed E-state index contributed by atoms with van der Waals surface area (Å²) in [6, 6.07) is 3.66. The Hall–Kier alpha value is -2.57. The van der Waals surface area contributed by atoms with Crippen molar-refractivity contribution in [1.82, 2.24) is 9.97 Å². The van der Waals surface area contributed by atoms with Crippen LogP contribution in [0.1, 0.15) is 5.56 Å². The molecule has 0 bridgehead atoms. The highest BCUT2D eigenvalue weighted by atomic mass is 19.1. The molecule has 0 aliphatic carbocycles. The van der Waals surface area contributed by atoms with Crippen molar-refractivity contribution in [3.05, 3.63) is 58.4 Å². The molecule has 0 radical (unpaired) electrons. The molecule has 0 aliphatic rings. The fourth-order valence-electron chi connectivity index (χ4n) is 1.39. The predicted octanol–water partition coefficient (Wildman–Crippen LogP) is 2.14. The van der Waals surface area contributed by atoms with Gasteiger partial charge in [-0.05, 0) is 6.07 Å². The van der Waals surface area contributed by atoms with Crippen molar-refractivity contribution in [3.8, 4) is 0 Å². The van der Waals surface area contributed by atoms with Crippen LogP contribution in [0.15, 0.2) is 36.9 Å². The van der Waals surface area contributed by atoms with E-state index in [-0.39, 0.29) is 0 Å². The summed E-state index contributed by atoms with van der Waals surface area (Å²) in [5.41, 5.74) is 0.752. The zero-order valence-electron chi connectivity index (χ0n) is 9.21. The first kappa shape index (κ1) is 11.9. The summed E-state index contributed by atoms with van der Waals surface area (Å²) in [6.07, 6.45) is 4.67. The van der Waals surface area contributed by atoms with Gasteiger partial charge in [0.1, 0.15) is 6.33 Å². The molecule has 6 nitrogen and oxygen atoms in total. The topological polar surface area (TPSA) is 81.0 Å². The van der Waals surface area contributed by atoms with E-state index in [2.05, 4.69) is 15.3 Å². The van der Waals surface area contributed by atoms with Gasteiger partial charge in [-0.2, -0.15) is 4.39 Å². The lowest BCUT2D eigenvalue weighted by Gasteiger charge is -2.05. The zero-order chi connectivity index (χ0) is 13.0. The van der Waals surface area contributed by atoms with Crippen LogP contribution in [0.4, 0.5) is 15.8 Å². The predicted molar refractivity (Wildman–Crippen MR) is 62.4 cm³/mol. The average Bonchev–Trinajstić information content (AvgIpc) is 2.37. The van der Waals surface area contributed by atoms with Gasteiger partial charge in [0.25, 0.3) is 0 Å². The molecule has 0 spiro atoms. The molecule has 0 amide bonds. The Morgan fingerprint density at radius 1 is 1.33 bits per heavy atom. The van der Waals surface area contributed by atoms with Gasteiger partial charge >= 0.3 is 5.69 Å². The summed E-state index contributed by atoms with van der Waals surface area (Å²) in [6.45, 7) is 0.415. The van der Waals surface area contributed by atoms with Gasteiger partial charge < -0.3 is 5.32 Å². The second kappa shape index (κ2) is 5.17. The van der Waals surface area contributed by atoms with Gasteiger partial charge in [0.15, 0.2) is 0 Å². The first-order valence-electron chi connectivity index (χ1n) is 5.08. The van der Waals surface area contributed by atoms with Crippen molar-refractivity contribution in [2.24, 2.45) is 0 Å². The third-order valence-corrected chi connectivity index (χ3v) is 2.26. The molecule has 2 aromatic rings. The van der Waals surface area contributed by atoms with E-state index in [4.69, 9.17) is 0 Å². The van der Waals surface area contributed by atoms with Crippen molar-refractivity contribution < 1.29 is 9.31 Å². The number of nitro benzene ring substituents is 1. The van der Waals surface area contributed by atoms with Gasteiger partial charge in [-0.15, -0.1) is 0 Å². The van der Waals surface area contributed by atoms with E-state index in [0.717, 1.165) is 17.7 Å². The van der Waals surface area contributed by atoms with Crippen LogP contribution >= 0.6 is 0 Å². The highest BCUT2D eigenvalue weighted by Crippen LogP contribution is 2.21. The van der Waals surface area contributed by atoms with E-state index >= 15 is 0 Å². The van der Waals surface area contributed by atoms with Crippen LogP contribution in [-0.4, -0.2) is 14.9 Å². The number of aromatic nitrogens is 2. The first-order chi connectivity index (χ1) is 8.66. The molecule has 0 fully saturated rings. The van der Waals surface area contributed by atoms with Crippen LogP contribution in [-0.2, 0) is 6.54 Å². The number of rotatable bonds is 4.